The van der Waals surface area contributed by atoms with E-state index in [2.05, 4.69) is 0 Å². The molecule has 0 radical (unpaired) electrons. The minimum Gasteiger partial charge on any atom is -0.508 e. The van der Waals surface area contributed by atoms with E-state index in [1.54, 1.807) is 30.3 Å². The Kier molecular flexibility index (Phi) is 3.10. The molecule has 108 valence electrons. The van der Waals surface area contributed by atoms with Crippen molar-refractivity contribution in [3.8, 4) is 11.5 Å². The highest BCUT2D eigenvalue weighted by Crippen LogP contribution is 2.36. The fraction of sp³-hybridized carbons (Fsp3) is 0.0667. The highest BCUT2D eigenvalue weighted by molar-refractivity contribution is 7.95. The van der Waals surface area contributed by atoms with Crippen molar-refractivity contribution in [3.05, 3.63) is 52.9 Å². The molecule has 21 heavy (non-hydrogen) atoms. The molecule has 1 heterocycles. The topological polar surface area (TPSA) is 89.6 Å². The maximum Gasteiger partial charge on any atom is 0.206 e. The Labute approximate surface area is 122 Å². The molecule has 6 heteroatoms. The summed E-state index contributed by atoms with van der Waals surface area (Å²) in [6, 6.07) is 10.9. The number of hydrogen-bond donors (Lipinski definition) is 2. The van der Waals surface area contributed by atoms with Gasteiger partial charge in [-0.25, -0.2) is 8.42 Å². The summed E-state index contributed by atoms with van der Waals surface area (Å²) in [5.41, 5.74) is 6.74. The molecule has 0 saturated heterocycles. The van der Waals surface area contributed by atoms with Crippen molar-refractivity contribution in [1.29, 1.82) is 0 Å². The average Bonchev–Trinajstić information content (AvgIpc) is 2.71. The Balaban J connectivity index is 1.86. The summed E-state index contributed by atoms with van der Waals surface area (Å²) in [6.45, 7) is -0.0821. The largest absolute Gasteiger partial charge is 0.508 e. The van der Waals surface area contributed by atoms with Gasteiger partial charge in [-0.2, -0.15) is 0 Å². The summed E-state index contributed by atoms with van der Waals surface area (Å²) < 4.78 is 30.2. The summed E-state index contributed by atoms with van der Waals surface area (Å²) in [5.74, 6) is 0.600. The van der Waals surface area contributed by atoms with Crippen LogP contribution in [0.1, 0.15) is 5.56 Å². The van der Waals surface area contributed by atoms with E-state index in [0.717, 1.165) is 0 Å². The molecular formula is C15H13NO4S. The standard InChI is InChI=1S/C15H13NO4S/c16-14-2-1-3-15-13(14)8-12(21(15,18)19)9-20-11-6-4-10(17)5-7-11/h1-8,17H,9,16H2. The first-order chi connectivity index (χ1) is 9.98. The number of rotatable bonds is 3. The van der Waals surface area contributed by atoms with Gasteiger partial charge in [0.25, 0.3) is 0 Å². The van der Waals surface area contributed by atoms with Gasteiger partial charge in [0.05, 0.1) is 9.80 Å². The number of sulfone groups is 1. The van der Waals surface area contributed by atoms with Gasteiger partial charge in [-0.1, -0.05) is 6.07 Å². The summed E-state index contributed by atoms with van der Waals surface area (Å²) in [6.07, 6.45) is 1.54. The van der Waals surface area contributed by atoms with Crippen LogP contribution < -0.4 is 10.5 Å². The third kappa shape index (κ3) is 2.34. The van der Waals surface area contributed by atoms with Crippen LogP contribution in [0.5, 0.6) is 11.5 Å². The fourth-order valence-electron chi connectivity index (χ4n) is 2.15. The first kappa shape index (κ1) is 13.5. The van der Waals surface area contributed by atoms with Gasteiger partial charge in [0.1, 0.15) is 18.1 Å². The summed E-state index contributed by atoms with van der Waals surface area (Å²) in [7, 11) is -3.54. The molecule has 5 nitrogen and oxygen atoms in total. The van der Waals surface area contributed by atoms with Crippen molar-refractivity contribution in [2.45, 2.75) is 4.90 Å². The molecule has 0 bridgehead atoms. The van der Waals surface area contributed by atoms with E-state index in [4.69, 9.17) is 10.5 Å². The number of phenolic OH excluding ortho intramolecular Hbond substituents is 1. The second-order valence-electron chi connectivity index (χ2n) is 4.66. The highest BCUT2D eigenvalue weighted by Gasteiger charge is 2.30. The van der Waals surface area contributed by atoms with E-state index in [-0.39, 0.29) is 22.2 Å². The van der Waals surface area contributed by atoms with E-state index in [1.807, 2.05) is 0 Å². The van der Waals surface area contributed by atoms with Crippen LogP contribution in [0.2, 0.25) is 0 Å². The SMILES string of the molecule is Nc1cccc2c1C=C(COc1ccc(O)cc1)S2(=O)=O. The van der Waals surface area contributed by atoms with Gasteiger partial charge in [-0.05, 0) is 42.5 Å². The van der Waals surface area contributed by atoms with Gasteiger partial charge >= 0.3 is 0 Å². The summed E-state index contributed by atoms with van der Waals surface area (Å²) in [4.78, 5) is 0.385. The lowest BCUT2D eigenvalue weighted by Crippen LogP contribution is -2.09. The van der Waals surface area contributed by atoms with E-state index in [9.17, 15) is 13.5 Å². The zero-order valence-electron chi connectivity index (χ0n) is 11.0. The predicted molar refractivity (Wildman–Crippen MR) is 79.6 cm³/mol. The molecule has 3 rings (SSSR count). The average molecular weight is 303 g/mol. The van der Waals surface area contributed by atoms with Crippen LogP contribution in [-0.2, 0) is 9.84 Å². The molecule has 0 amide bonds. The van der Waals surface area contributed by atoms with Crippen molar-refractivity contribution in [3.63, 3.8) is 0 Å². The molecule has 0 unspecified atom stereocenters. The number of fused-ring (bicyclic) bond motifs is 1. The van der Waals surface area contributed by atoms with Crippen molar-refractivity contribution in [2.75, 3.05) is 12.3 Å². The maximum atomic E-state index is 12.4. The van der Waals surface area contributed by atoms with Crippen LogP contribution >= 0.6 is 0 Å². The van der Waals surface area contributed by atoms with Crippen LogP contribution in [0, 0.1) is 0 Å². The monoisotopic (exact) mass is 303 g/mol. The fourth-order valence-corrected chi connectivity index (χ4v) is 3.64. The smallest absolute Gasteiger partial charge is 0.206 e. The molecule has 1 aliphatic heterocycles. The zero-order chi connectivity index (χ0) is 15.0. The van der Waals surface area contributed by atoms with Crippen LogP contribution in [0.3, 0.4) is 0 Å². The summed E-state index contributed by atoms with van der Waals surface area (Å²) >= 11 is 0. The number of anilines is 1. The number of ether oxygens (including phenoxy) is 1. The van der Waals surface area contributed by atoms with Crippen LogP contribution in [0.15, 0.2) is 52.3 Å². The van der Waals surface area contributed by atoms with E-state index < -0.39 is 9.84 Å². The highest BCUT2D eigenvalue weighted by atomic mass is 32.2. The molecular weight excluding hydrogens is 290 g/mol. The van der Waals surface area contributed by atoms with E-state index in [0.29, 0.717) is 17.0 Å². The quantitative estimate of drug-likeness (QED) is 0.848. The van der Waals surface area contributed by atoms with E-state index >= 15 is 0 Å². The van der Waals surface area contributed by atoms with Crippen molar-refractivity contribution < 1.29 is 18.3 Å². The predicted octanol–water partition coefficient (Wildman–Crippen LogP) is 2.18. The molecule has 0 fully saturated rings. The number of benzene rings is 2. The lowest BCUT2D eigenvalue weighted by atomic mass is 10.2. The Morgan fingerprint density at radius 3 is 2.48 bits per heavy atom. The number of nitrogens with two attached hydrogens (primary N) is 1. The van der Waals surface area contributed by atoms with Gasteiger partial charge < -0.3 is 15.6 Å². The second-order valence-corrected chi connectivity index (χ2v) is 6.63. The molecule has 0 aromatic heterocycles. The Morgan fingerprint density at radius 2 is 1.81 bits per heavy atom. The summed E-state index contributed by atoms with van der Waals surface area (Å²) in [5, 5.41) is 9.19. The molecule has 0 aliphatic carbocycles. The maximum absolute atomic E-state index is 12.4. The number of hydrogen-bond acceptors (Lipinski definition) is 5. The second kappa shape index (κ2) is 4.82. The van der Waals surface area contributed by atoms with Crippen molar-refractivity contribution in [1.82, 2.24) is 0 Å². The first-order valence-corrected chi connectivity index (χ1v) is 7.73. The lowest BCUT2D eigenvalue weighted by molar-refractivity contribution is 0.358. The van der Waals surface area contributed by atoms with Crippen LogP contribution in [0.25, 0.3) is 6.08 Å². The molecule has 2 aromatic carbocycles. The van der Waals surface area contributed by atoms with Crippen LogP contribution in [0.4, 0.5) is 5.69 Å². The third-order valence-electron chi connectivity index (χ3n) is 3.26. The van der Waals surface area contributed by atoms with Crippen molar-refractivity contribution in [2.24, 2.45) is 0 Å². The lowest BCUT2D eigenvalue weighted by Gasteiger charge is -2.07. The molecule has 1 aliphatic rings. The third-order valence-corrected chi connectivity index (χ3v) is 5.12. The Bertz CT molecular complexity index is 823. The van der Waals surface area contributed by atoms with Gasteiger partial charge in [-0.3, -0.25) is 0 Å². The van der Waals surface area contributed by atoms with Gasteiger partial charge in [0.15, 0.2) is 0 Å². The molecule has 2 aromatic rings. The number of nitrogen functional groups attached to an aromatic ring is 1. The van der Waals surface area contributed by atoms with Crippen LogP contribution in [-0.4, -0.2) is 20.1 Å². The molecule has 0 atom stereocenters. The van der Waals surface area contributed by atoms with Gasteiger partial charge in [0.2, 0.25) is 9.84 Å². The van der Waals surface area contributed by atoms with Gasteiger partial charge in [-0.15, -0.1) is 0 Å². The Morgan fingerprint density at radius 1 is 1.10 bits per heavy atom. The number of aromatic hydroxyl groups is 1. The van der Waals surface area contributed by atoms with Gasteiger partial charge in [0, 0.05) is 11.3 Å². The number of phenols is 1. The first-order valence-electron chi connectivity index (χ1n) is 6.24. The molecule has 3 N–H and O–H groups in total. The van der Waals surface area contributed by atoms with Crippen molar-refractivity contribution >= 4 is 21.6 Å². The molecule has 0 spiro atoms. The Hall–Kier alpha value is -2.47. The molecule has 0 saturated carbocycles. The normalized spacial score (nSPS) is 15.3. The minimum atomic E-state index is -3.54. The van der Waals surface area contributed by atoms with E-state index in [1.165, 1.54) is 18.2 Å². The minimum absolute atomic E-state index is 0.0821. The zero-order valence-corrected chi connectivity index (χ0v) is 11.8.